The normalized spacial score (nSPS) is 10.6. The summed E-state index contributed by atoms with van der Waals surface area (Å²) in [6.07, 6.45) is 10.8. The second kappa shape index (κ2) is 9.05. The molecule has 1 aromatic heterocycles. The maximum absolute atomic E-state index is 2.30. The number of aryl methyl sites for hydroxylation is 4. The molecule has 0 aliphatic rings. The maximum Gasteiger partial charge on any atom is 0.254 e. The first-order valence-electron chi connectivity index (χ1n) is 9.54. The third-order valence-corrected chi connectivity index (χ3v) is 5.08. The van der Waals surface area contributed by atoms with Crippen LogP contribution in [0.15, 0.2) is 55.1 Å². The minimum absolute atomic E-state index is 0. The average molecular weight is 369 g/mol. The molecular formula is C23H29ClN2. The van der Waals surface area contributed by atoms with Crippen molar-refractivity contribution in [1.82, 2.24) is 4.57 Å². The van der Waals surface area contributed by atoms with Crippen molar-refractivity contribution in [3.63, 3.8) is 0 Å². The van der Waals surface area contributed by atoms with Gasteiger partial charge in [-0.25, -0.2) is 9.13 Å². The van der Waals surface area contributed by atoms with Crippen molar-refractivity contribution in [1.29, 1.82) is 0 Å². The largest absolute Gasteiger partial charge is 1.00 e. The van der Waals surface area contributed by atoms with Crippen molar-refractivity contribution >= 4 is 0 Å². The lowest BCUT2D eigenvalue weighted by Crippen LogP contribution is -3.00. The number of imidazole rings is 1. The number of rotatable bonds is 6. The number of para-hydroxylation sites is 2. The summed E-state index contributed by atoms with van der Waals surface area (Å²) in [6.45, 7) is 8.93. The SMILES string of the molecule is CCc1cccc(CC)c1-n1cc[n+](-c2c(CC)cccc2CC)c1.[Cl-]. The standard InChI is InChI=1S/C23H29N2.ClH/c1-5-18-11-9-12-19(6-2)22(18)24-15-16-25(17-24)23-20(7-3)13-10-14-21(23)8-4;/h9-17H,5-8H2,1-4H3;1H/q+1;/p-1. The molecule has 2 aromatic carbocycles. The number of benzene rings is 2. The third-order valence-electron chi connectivity index (χ3n) is 5.08. The van der Waals surface area contributed by atoms with Gasteiger partial charge in [0, 0.05) is 0 Å². The van der Waals surface area contributed by atoms with Crippen LogP contribution in [0.3, 0.4) is 0 Å². The maximum atomic E-state index is 2.30. The molecule has 26 heavy (non-hydrogen) atoms. The van der Waals surface area contributed by atoms with Gasteiger partial charge < -0.3 is 12.4 Å². The Morgan fingerprint density at radius 1 is 0.731 bits per heavy atom. The van der Waals surface area contributed by atoms with Crippen molar-refractivity contribution < 1.29 is 17.0 Å². The van der Waals surface area contributed by atoms with Gasteiger partial charge >= 0.3 is 0 Å². The fourth-order valence-electron chi connectivity index (χ4n) is 3.71. The summed E-state index contributed by atoms with van der Waals surface area (Å²) in [7, 11) is 0. The van der Waals surface area contributed by atoms with Crippen molar-refractivity contribution in [2.75, 3.05) is 0 Å². The number of nitrogens with zero attached hydrogens (tertiary/aromatic N) is 2. The molecule has 0 unspecified atom stereocenters. The van der Waals surface area contributed by atoms with Gasteiger partial charge in [0.15, 0.2) is 0 Å². The Morgan fingerprint density at radius 3 is 1.65 bits per heavy atom. The van der Waals surface area contributed by atoms with Crippen LogP contribution in [-0.4, -0.2) is 4.57 Å². The molecule has 0 aliphatic heterocycles. The van der Waals surface area contributed by atoms with Gasteiger partial charge in [0.05, 0.1) is 0 Å². The molecule has 3 aromatic rings. The molecule has 3 rings (SSSR count). The summed E-state index contributed by atoms with van der Waals surface area (Å²) in [5.74, 6) is 0. The molecule has 0 radical (unpaired) electrons. The zero-order valence-electron chi connectivity index (χ0n) is 16.3. The Hall–Kier alpha value is -2.06. The van der Waals surface area contributed by atoms with Crippen molar-refractivity contribution in [2.24, 2.45) is 0 Å². The Balaban J connectivity index is 0.00000243. The van der Waals surface area contributed by atoms with Gasteiger partial charge in [-0.1, -0.05) is 64.1 Å². The fraction of sp³-hybridized carbons (Fsp3) is 0.348. The highest BCUT2D eigenvalue weighted by Crippen LogP contribution is 2.22. The van der Waals surface area contributed by atoms with E-state index in [2.05, 4.69) is 91.9 Å². The van der Waals surface area contributed by atoms with E-state index in [9.17, 15) is 0 Å². The van der Waals surface area contributed by atoms with Crippen molar-refractivity contribution in [3.05, 3.63) is 77.4 Å². The Morgan fingerprint density at radius 2 is 1.19 bits per heavy atom. The van der Waals surface area contributed by atoms with Gasteiger partial charge in [-0.15, -0.1) is 0 Å². The first-order chi connectivity index (χ1) is 12.2. The number of halogens is 1. The van der Waals surface area contributed by atoms with E-state index in [1.807, 2.05) is 0 Å². The number of hydrogen-bond donors (Lipinski definition) is 0. The summed E-state index contributed by atoms with van der Waals surface area (Å²) in [5, 5.41) is 0. The topological polar surface area (TPSA) is 8.81 Å². The number of aromatic nitrogens is 2. The Bertz CT molecular complexity index is 750. The van der Waals surface area contributed by atoms with E-state index >= 15 is 0 Å². The lowest BCUT2D eigenvalue weighted by Gasteiger charge is -2.10. The minimum atomic E-state index is 0. The van der Waals surface area contributed by atoms with Crippen molar-refractivity contribution in [3.8, 4) is 11.4 Å². The predicted molar refractivity (Wildman–Crippen MR) is 105 cm³/mol. The van der Waals surface area contributed by atoms with Gasteiger partial charge in [0.1, 0.15) is 23.8 Å². The van der Waals surface area contributed by atoms with E-state index in [4.69, 9.17) is 0 Å². The van der Waals surface area contributed by atoms with Crippen LogP contribution in [-0.2, 0) is 25.7 Å². The molecule has 0 N–H and O–H groups in total. The third kappa shape index (κ3) is 3.71. The molecule has 0 fully saturated rings. The monoisotopic (exact) mass is 368 g/mol. The van der Waals surface area contributed by atoms with Crippen LogP contribution in [0.4, 0.5) is 0 Å². The zero-order chi connectivity index (χ0) is 17.8. The van der Waals surface area contributed by atoms with E-state index in [1.54, 1.807) is 0 Å². The molecule has 3 heteroatoms. The van der Waals surface area contributed by atoms with Crippen LogP contribution < -0.4 is 17.0 Å². The second-order valence-corrected chi connectivity index (χ2v) is 6.49. The molecule has 0 aliphatic carbocycles. The van der Waals surface area contributed by atoms with Gasteiger partial charge in [0.2, 0.25) is 0 Å². The van der Waals surface area contributed by atoms with Gasteiger partial charge in [-0.3, -0.25) is 0 Å². The predicted octanol–water partition coefficient (Wildman–Crippen LogP) is 2.01. The van der Waals surface area contributed by atoms with Crippen LogP contribution >= 0.6 is 0 Å². The van der Waals surface area contributed by atoms with E-state index in [1.165, 1.54) is 33.6 Å². The zero-order valence-corrected chi connectivity index (χ0v) is 17.1. The summed E-state index contributed by atoms with van der Waals surface area (Å²) in [6, 6.07) is 13.3. The first-order valence-corrected chi connectivity index (χ1v) is 9.54. The summed E-state index contributed by atoms with van der Waals surface area (Å²) >= 11 is 0. The quantitative estimate of drug-likeness (QED) is 0.588. The molecule has 0 spiro atoms. The van der Waals surface area contributed by atoms with Crippen LogP contribution in [0.2, 0.25) is 0 Å². The molecular weight excluding hydrogens is 340 g/mol. The number of hydrogen-bond acceptors (Lipinski definition) is 0. The van der Waals surface area contributed by atoms with E-state index < -0.39 is 0 Å². The Kier molecular flexibility index (Phi) is 7.05. The second-order valence-electron chi connectivity index (χ2n) is 6.49. The van der Waals surface area contributed by atoms with E-state index in [0.29, 0.717) is 0 Å². The van der Waals surface area contributed by atoms with Gasteiger partial charge in [-0.2, -0.15) is 0 Å². The molecule has 0 amide bonds. The molecule has 0 saturated heterocycles. The molecule has 0 atom stereocenters. The van der Waals surface area contributed by atoms with Crippen LogP contribution in [0.5, 0.6) is 0 Å². The highest BCUT2D eigenvalue weighted by atomic mass is 35.5. The van der Waals surface area contributed by atoms with Gasteiger partial charge in [0.25, 0.3) is 6.33 Å². The minimum Gasteiger partial charge on any atom is -1.00 e. The van der Waals surface area contributed by atoms with E-state index in [0.717, 1.165) is 25.7 Å². The summed E-state index contributed by atoms with van der Waals surface area (Å²) < 4.78 is 4.59. The van der Waals surface area contributed by atoms with Crippen molar-refractivity contribution in [2.45, 2.75) is 53.4 Å². The fourth-order valence-corrected chi connectivity index (χ4v) is 3.71. The highest BCUT2D eigenvalue weighted by Gasteiger charge is 2.18. The summed E-state index contributed by atoms with van der Waals surface area (Å²) in [4.78, 5) is 0. The molecule has 1 heterocycles. The van der Waals surface area contributed by atoms with Gasteiger partial charge in [-0.05, 0) is 47.9 Å². The average Bonchev–Trinajstić information content (AvgIpc) is 3.15. The summed E-state index contributed by atoms with van der Waals surface area (Å²) in [5.41, 5.74) is 8.31. The smallest absolute Gasteiger partial charge is 0.254 e. The molecule has 2 nitrogen and oxygen atoms in total. The van der Waals surface area contributed by atoms with Crippen LogP contribution in [0.1, 0.15) is 49.9 Å². The van der Waals surface area contributed by atoms with Crippen LogP contribution in [0, 0.1) is 0 Å². The lowest BCUT2D eigenvalue weighted by molar-refractivity contribution is -0.595. The highest BCUT2D eigenvalue weighted by molar-refractivity contribution is 5.48. The Labute approximate surface area is 163 Å². The molecule has 0 saturated carbocycles. The first kappa shape index (κ1) is 20.3. The molecule has 138 valence electrons. The lowest BCUT2D eigenvalue weighted by atomic mass is 10.0. The molecule has 0 bridgehead atoms. The van der Waals surface area contributed by atoms with E-state index in [-0.39, 0.29) is 12.4 Å². The van der Waals surface area contributed by atoms with Crippen LogP contribution in [0.25, 0.3) is 11.4 Å².